The minimum Gasteiger partial charge on any atom is -0.504 e. The molecule has 0 atom stereocenters. The highest BCUT2D eigenvalue weighted by molar-refractivity contribution is 5.73. The Labute approximate surface area is 136 Å². The van der Waals surface area contributed by atoms with Crippen LogP contribution < -0.4 is 0 Å². The fraction of sp³-hybridized carbons (Fsp3) is 0.588. The Bertz CT molecular complexity index is 579. The highest BCUT2D eigenvalue weighted by Crippen LogP contribution is 2.38. The van der Waals surface area contributed by atoms with Crippen LogP contribution in [-0.2, 0) is 21.2 Å². The number of hydroxylamine groups is 2. The van der Waals surface area contributed by atoms with E-state index < -0.39 is 17.0 Å². The first kappa shape index (κ1) is 17.6. The maximum absolute atomic E-state index is 12.3. The maximum Gasteiger partial charge on any atom is 0.310 e. The average Bonchev–Trinajstić information content (AvgIpc) is 2.39. The van der Waals surface area contributed by atoms with Gasteiger partial charge in [-0.25, -0.2) is 0 Å². The molecule has 1 aliphatic heterocycles. The Morgan fingerprint density at radius 3 is 2.26 bits per heavy atom. The van der Waals surface area contributed by atoms with Gasteiger partial charge in [0.25, 0.3) is 0 Å². The van der Waals surface area contributed by atoms with E-state index in [4.69, 9.17) is 4.74 Å². The molecule has 0 aliphatic carbocycles. The Balaban J connectivity index is 2.01. The number of phenols is 2. The summed E-state index contributed by atoms with van der Waals surface area (Å²) in [5.41, 5.74) is -0.627. The number of aromatic hydroxyl groups is 2. The maximum atomic E-state index is 12.3. The fourth-order valence-corrected chi connectivity index (χ4v) is 3.33. The highest BCUT2D eigenvalue weighted by atomic mass is 16.5. The van der Waals surface area contributed by atoms with Crippen molar-refractivity contribution in [3.8, 4) is 11.5 Å². The number of carbonyl (C=O) groups excluding carboxylic acids is 1. The van der Waals surface area contributed by atoms with Crippen molar-refractivity contribution in [2.45, 2.75) is 64.1 Å². The molecule has 0 amide bonds. The number of rotatable bonds is 3. The molecule has 1 fully saturated rings. The molecule has 0 saturated carbocycles. The van der Waals surface area contributed by atoms with Gasteiger partial charge in [0.1, 0.15) is 6.10 Å². The van der Waals surface area contributed by atoms with Gasteiger partial charge in [0, 0.05) is 23.9 Å². The standard InChI is InChI=1S/C17H24NO5/c1-16(2)9-12(10-17(3,4)18(16)22)23-15(21)8-11-5-6-13(19)14(20)7-11/h5-7,12,19-20H,8-10H2,1-4H3. The molecule has 1 heterocycles. The van der Waals surface area contributed by atoms with Crippen molar-refractivity contribution in [3.05, 3.63) is 23.8 Å². The Hall–Kier alpha value is -1.79. The molecule has 23 heavy (non-hydrogen) atoms. The molecular formula is C17H24NO5. The molecule has 0 unspecified atom stereocenters. The van der Waals surface area contributed by atoms with E-state index in [1.54, 1.807) is 6.07 Å². The largest absolute Gasteiger partial charge is 0.504 e. The van der Waals surface area contributed by atoms with Crippen molar-refractivity contribution >= 4 is 5.97 Å². The molecule has 2 N–H and O–H groups in total. The molecular weight excluding hydrogens is 298 g/mol. The van der Waals surface area contributed by atoms with Crippen molar-refractivity contribution in [1.82, 2.24) is 5.06 Å². The first-order valence-electron chi connectivity index (χ1n) is 7.69. The summed E-state index contributed by atoms with van der Waals surface area (Å²) >= 11 is 0. The molecule has 6 nitrogen and oxygen atoms in total. The van der Waals surface area contributed by atoms with Gasteiger partial charge in [-0.2, -0.15) is 0 Å². The third-order valence-electron chi connectivity index (χ3n) is 4.24. The predicted molar refractivity (Wildman–Crippen MR) is 83.3 cm³/mol. The van der Waals surface area contributed by atoms with E-state index >= 15 is 0 Å². The summed E-state index contributed by atoms with van der Waals surface area (Å²) in [5.74, 6) is -0.906. The number of hydrogen-bond acceptors (Lipinski definition) is 5. The zero-order chi connectivity index (χ0) is 17.4. The van der Waals surface area contributed by atoms with Crippen molar-refractivity contribution in [3.63, 3.8) is 0 Å². The second-order valence-electron chi connectivity index (χ2n) is 7.44. The fourth-order valence-electron chi connectivity index (χ4n) is 3.33. The van der Waals surface area contributed by atoms with Gasteiger partial charge in [0.2, 0.25) is 0 Å². The van der Waals surface area contributed by atoms with Crippen molar-refractivity contribution in [2.75, 3.05) is 0 Å². The quantitative estimate of drug-likeness (QED) is 0.659. The van der Waals surface area contributed by atoms with Gasteiger partial charge in [-0.05, 0) is 45.4 Å². The second kappa shape index (κ2) is 6.02. The molecule has 6 heteroatoms. The lowest BCUT2D eigenvalue weighted by molar-refractivity contribution is -0.299. The van der Waals surface area contributed by atoms with Crippen molar-refractivity contribution in [1.29, 1.82) is 0 Å². The lowest BCUT2D eigenvalue weighted by Gasteiger charge is -2.49. The summed E-state index contributed by atoms with van der Waals surface area (Å²) < 4.78 is 5.54. The number of nitrogens with zero attached hydrogens (tertiary/aromatic N) is 1. The van der Waals surface area contributed by atoms with Crippen LogP contribution in [0.4, 0.5) is 0 Å². The zero-order valence-corrected chi connectivity index (χ0v) is 14.0. The van der Waals surface area contributed by atoms with Crippen LogP contribution in [0.3, 0.4) is 0 Å². The van der Waals surface area contributed by atoms with Gasteiger partial charge < -0.3 is 14.9 Å². The van der Waals surface area contributed by atoms with E-state index in [-0.39, 0.29) is 24.0 Å². The summed E-state index contributed by atoms with van der Waals surface area (Å²) in [7, 11) is 0. The summed E-state index contributed by atoms with van der Waals surface area (Å²) in [5, 5.41) is 32.1. The van der Waals surface area contributed by atoms with Crippen molar-refractivity contribution < 1.29 is 25.0 Å². The van der Waals surface area contributed by atoms with Crippen LogP contribution in [0.5, 0.6) is 11.5 Å². The van der Waals surface area contributed by atoms with E-state index in [9.17, 15) is 20.2 Å². The van der Waals surface area contributed by atoms with Crippen LogP contribution in [0.1, 0.15) is 46.1 Å². The highest BCUT2D eigenvalue weighted by Gasteiger charge is 2.47. The third kappa shape index (κ3) is 3.95. The Morgan fingerprint density at radius 2 is 1.74 bits per heavy atom. The minimum absolute atomic E-state index is 0.00624. The van der Waals surface area contributed by atoms with Crippen LogP contribution in [0.15, 0.2) is 18.2 Å². The molecule has 0 bridgehead atoms. The summed E-state index contributed by atoms with van der Waals surface area (Å²) in [6.45, 7) is 7.39. The molecule has 1 saturated heterocycles. The molecule has 1 radical (unpaired) electrons. The van der Waals surface area contributed by atoms with E-state index in [2.05, 4.69) is 0 Å². The summed E-state index contributed by atoms with van der Waals surface area (Å²) in [4.78, 5) is 12.1. The Kier molecular flexibility index (Phi) is 4.59. The second-order valence-corrected chi connectivity index (χ2v) is 7.44. The van der Waals surface area contributed by atoms with E-state index in [1.165, 1.54) is 12.1 Å². The normalized spacial score (nSPS) is 21.1. The molecule has 1 aliphatic rings. The number of hydrogen-bond donors (Lipinski definition) is 2. The van der Waals surface area contributed by atoms with Crippen LogP contribution in [0.25, 0.3) is 0 Å². The number of carbonyl (C=O) groups is 1. The lowest BCUT2D eigenvalue weighted by Crippen LogP contribution is -2.60. The van der Waals surface area contributed by atoms with E-state index in [1.807, 2.05) is 27.7 Å². The van der Waals surface area contributed by atoms with Crippen LogP contribution in [0.2, 0.25) is 0 Å². The van der Waals surface area contributed by atoms with Gasteiger partial charge >= 0.3 is 5.97 Å². The van der Waals surface area contributed by atoms with Gasteiger partial charge in [-0.15, -0.1) is 10.3 Å². The number of phenolic OH excluding ortho intramolecular Hbond substituents is 2. The lowest BCUT2D eigenvalue weighted by atomic mass is 9.80. The van der Waals surface area contributed by atoms with E-state index in [0.717, 1.165) is 5.06 Å². The van der Waals surface area contributed by atoms with Gasteiger partial charge in [-0.1, -0.05) is 6.07 Å². The third-order valence-corrected chi connectivity index (χ3v) is 4.24. The monoisotopic (exact) mass is 322 g/mol. The Morgan fingerprint density at radius 1 is 1.17 bits per heavy atom. The number of piperidine rings is 1. The smallest absolute Gasteiger partial charge is 0.310 e. The average molecular weight is 322 g/mol. The molecule has 1 aromatic rings. The minimum atomic E-state index is -0.594. The zero-order valence-electron chi connectivity index (χ0n) is 14.0. The van der Waals surface area contributed by atoms with Gasteiger partial charge in [0.05, 0.1) is 6.42 Å². The summed E-state index contributed by atoms with van der Waals surface area (Å²) in [6.07, 6.45) is 0.647. The molecule has 0 aromatic heterocycles. The van der Waals surface area contributed by atoms with Crippen LogP contribution >= 0.6 is 0 Å². The van der Waals surface area contributed by atoms with Crippen LogP contribution in [-0.4, -0.2) is 38.4 Å². The van der Waals surface area contributed by atoms with Gasteiger partial charge in [-0.3, -0.25) is 4.79 Å². The topological polar surface area (TPSA) is 89.9 Å². The first-order valence-corrected chi connectivity index (χ1v) is 7.69. The molecule has 2 rings (SSSR count). The number of benzene rings is 1. The summed E-state index contributed by atoms with van der Waals surface area (Å²) in [6, 6.07) is 4.23. The number of esters is 1. The SMILES string of the molecule is CC1(C)CC(OC(=O)Cc2ccc(O)c(O)c2)CC(C)(C)N1[O]. The van der Waals surface area contributed by atoms with Gasteiger partial charge in [0.15, 0.2) is 11.5 Å². The predicted octanol–water partition coefficient (Wildman–Crippen LogP) is 2.55. The van der Waals surface area contributed by atoms with Crippen LogP contribution in [0, 0.1) is 0 Å². The molecule has 127 valence electrons. The molecule has 1 aromatic carbocycles. The van der Waals surface area contributed by atoms with Crippen molar-refractivity contribution in [2.24, 2.45) is 0 Å². The van der Waals surface area contributed by atoms with E-state index in [0.29, 0.717) is 18.4 Å². The number of ether oxygens (including phenoxy) is 1. The first-order chi connectivity index (χ1) is 10.5. The molecule has 0 spiro atoms.